The van der Waals surface area contributed by atoms with Gasteiger partial charge < -0.3 is 20.5 Å². The Labute approximate surface area is 130 Å². The summed E-state index contributed by atoms with van der Waals surface area (Å²) < 4.78 is 5.08. The van der Waals surface area contributed by atoms with Crippen LogP contribution < -0.4 is 10.6 Å². The molecule has 1 aromatic carbocycles. The molecule has 0 aliphatic carbocycles. The molecule has 0 spiro atoms. The van der Waals surface area contributed by atoms with Crippen molar-refractivity contribution >= 4 is 17.6 Å². The molecular formula is C15H23ClN2O3. The summed E-state index contributed by atoms with van der Waals surface area (Å²) in [7, 11) is 1.62. The second-order valence-corrected chi connectivity index (χ2v) is 5.96. The van der Waals surface area contributed by atoms with Gasteiger partial charge in [-0.15, -0.1) is 0 Å². The summed E-state index contributed by atoms with van der Waals surface area (Å²) in [5.74, 6) is 0. The highest BCUT2D eigenvalue weighted by molar-refractivity contribution is 6.30. The number of nitrogens with one attached hydrogen (secondary N) is 2. The molecule has 0 aliphatic rings. The molecule has 3 N–H and O–H groups in total. The number of halogens is 1. The monoisotopic (exact) mass is 314 g/mol. The van der Waals surface area contributed by atoms with Crippen molar-refractivity contribution in [2.75, 3.05) is 20.3 Å². The van der Waals surface area contributed by atoms with Gasteiger partial charge in [-0.3, -0.25) is 0 Å². The molecule has 6 heteroatoms. The van der Waals surface area contributed by atoms with Crippen LogP contribution >= 0.6 is 11.6 Å². The lowest BCUT2D eigenvalue weighted by molar-refractivity contribution is 0.0816. The van der Waals surface area contributed by atoms with Gasteiger partial charge in [-0.05, 0) is 38.0 Å². The smallest absolute Gasteiger partial charge is 0.315 e. The first-order chi connectivity index (χ1) is 9.81. The lowest BCUT2D eigenvalue weighted by Crippen LogP contribution is -2.44. The van der Waals surface area contributed by atoms with E-state index in [0.717, 1.165) is 5.56 Å². The molecule has 5 nitrogen and oxygen atoms in total. The van der Waals surface area contributed by atoms with Crippen LogP contribution in [0, 0.1) is 0 Å². The zero-order valence-corrected chi connectivity index (χ0v) is 13.4. The number of ether oxygens (including phenoxy) is 1. The van der Waals surface area contributed by atoms with Crippen molar-refractivity contribution in [1.29, 1.82) is 0 Å². The number of carbonyl (C=O) groups is 1. The van der Waals surface area contributed by atoms with Crippen molar-refractivity contribution in [3.63, 3.8) is 0 Å². The average Bonchev–Trinajstić information content (AvgIpc) is 2.41. The Kier molecular flexibility index (Phi) is 6.95. The second kappa shape index (κ2) is 8.22. The molecule has 0 unspecified atom stereocenters. The van der Waals surface area contributed by atoms with E-state index in [9.17, 15) is 9.90 Å². The molecule has 0 radical (unpaired) electrons. The lowest BCUT2D eigenvalue weighted by atomic mass is 10.0. The van der Waals surface area contributed by atoms with Crippen molar-refractivity contribution < 1.29 is 14.6 Å². The molecule has 1 aromatic rings. The fourth-order valence-corrected chi connectivity index (χ4v) is 1.88. The van der Waals surface area contributed by atoms with E-state index in [0.29, 0.717) is 18.1 Å². The number of rotatable bonds is 7. The molecule has 2 amide bonds. The predicted octanol–water partition coefficient (Wildman–Crippen LogP) is 2.49. The Morgan fingerprint density at radius 1 is 1.38 bits per heavy atom. The Balaban J connectivity index is 2.65. The number of amides is 2. The first-order valence-corrected chi connectivity index (χ1v) is 7.21. The first-order valence-electron chi connectivity index (χ1n) is 6.83. The molecule has 0 saturated heterocycles. The highest BCUT2D eigenvalue weighted by Crippen LogP contribution is 2.19. The van der Waals surface area contributed by atoms with Crippen LogP contribution in [0.25, 0.3) is 0 Å². The number of benzene rings is 1. The zero-order chi connectivity index (χ0) is 15.9. The molecule has 118 valence electrons. The fraction of sp³-hybridized carbons (Fsp3) is 0.533. The largest absolute Gasteiger partial charge is 0.389 e. The van der Waals surface area contributed by atoms with Crippen LogP contribution in [0.15, 0.2) is 24.3 Å². The summed E-state index contributed by atoms with van der Waals surface area (Å²) in [5.41, 5.74) is 0.00877. The lowest BCUT2D eigenvalue weighted by Gasteiger charge is -2.22. The minimum absolute atomic E-state index is 0.177. The van der Waals surface area contributed by atoms with Gasteiger partial charge in [-0.2, -0.15) is 0 Å². The topological polar surface area (TPSA) is 70.6 Å². The van der Waals surface area contributed by atoms with E-state index < -0.39 is 5.60 Å². The van der Waals surface area contributed by atoms with Crippen LogP contribution in [-0.4, -0.2) is 37.0 Å². The number of aliphatic hydroxyl groups is 1. The molecule has 1 atom stereocenters. The summed E-state index contributed by atoms with van der Waals surface area (Å²) >= 11 is 5.87. The number of hydrogen-bond acceptors (Lipinski definition) is 3. The average molecular weight is 315 g/mol. The maximum absolute atomic E-state index is 11.9. The van der Waals surface area contributed by atoms with E-state index >= 15 is 0 Å². The standard InChI is InChI=1S/C15H23ClN2O3/c1-15(2,20)10-17-14(19)18-13(8-9-21-3)11-4-6-12(16)7-5-11/h4-7,13,20H,8-10H2,1-3H3,(H2,17,18,19)/t13-/m1/s1. The highest BCUT2D eigenvalue weighted by atomic mass is 35.5. The summed E-state index contributed by atoms with van der Waals surface area (Å²) in [6.45, 7) is 3.97. The molecular weight excluding hydrogens is 292 g/mol. The molecule has 0 fully saturated rings. The van der Waals surface area contributed by atoms with Gasteiger partial charge >= 0.3 is 6.03 Å². The maximum atomic E-state index is 11.9. The van der Waals surface area contributed by atoms with Crippen LogP contribution in [0.2, 0.25) is 5.02 Å². The van der Waals surface area contributed by atoms with Gasteiger partial charge in [0.15, 0.2) is 0 Å². The van der Waals surface area contributed by atoms with Gasteiger partial charge in [0.25, 0.3) is 0 Å². The van der Waals surface area contributed by atoms with Crippen molar-refractivity contribution in [1.82, 2.24) is 10.6 Å². The van der Waals surface area contributed by atoms with E-state index in [1.165, 1.54) is 0 Å². The third-order valence-corrected chi connectivity index (χ3v) is 3.12. The molecule has 0 heterocycles. The zero-order valence-electron chi connectivity index (χ0n) is 12.6. The summed E-state index contributed by atoms with van der Waals surface area (Å²) in [6.07, 6.45) is 0.647. The third-order valence-electron chi connectivity index (χ3n) is 2.87. The number of methoxy groups -OCH3 is 1. The Hall–Kier alpha value is -1.30. The number of carbonyl (C=O) groups excluding carboxylic acids is 1. The fourth-order valence-electron chi connectivity index (χ4n) is 1.76. The molecule has 0 bridgehead atoms. The number of urea groups is 1. The minimum Gasteiger partial charge on any atom is -0.389 e. The van der Waals surface area contributed by atoms with Crippen LogP contribution in [0.5, 0.6) is 0 Å². The normalized spacial score (nSPS) is 12.8. The van der Waals surface area contributed by atoms with Crippen LogP contribution in [0.4, 0.5) is 4.79 Å². The SMILES string of the molecule is COCC[C@@H](NC(=O)NCC(C)(C)O)c1ccc(Cl)cc1. The van der Waals surface area contributed by atoms with E-state index in [1.54, 1.807) is 33.1 Å². The predicted molar refractivity (Wildman–Crippen MR) is 83.5 cm³/mol. The van der Waals surface area contributed by atoms with Gasteiger partial charge in [0, 0.05) is 25.3 Å². The Morgan fingerprint density at radius 3 is 2.52 bits per heavy atom. The first kappa shape index (κ1) is 17.8. The van der Waals surface area contributed by atoms with E-state index in [-0.39, 0.29) is 18.6 Å². The summed E-state index contributed by atoms with van der Waals surface area (Å²) in [6, 6.07) is 6.81. The van der Waals surface area contributed by atoms with Gasteiger partial charge in [0.2, 0.25) is 0 Å². The molecule has 0 aliphatic heterocycles. The van der Waals surface area contributed by atoms with Gasteiger partial charge in [-0.25, -0.2) is 4.79 Å². The van der Waals surface area contributed by atoms with Crippen molar-refractivity contribution in [2.45, 2.75) is 31.9 Å². The van der Waals surface area contributed by atoms with E-state index in [2.05, 4.69) is 10.6 Å². The second-order valence-electron chi connectivity index (χ2n) is 5.53. The quantitative estimate of drug-likeness (QED) is 0.724. The van der Waals surface area contributed by atoms with Crippen LogP contribution in [0.3, 0.4) is 0 Å². The van der Waals surface area contributed by atoms with E-state index in [1.807, 2.05) is 12.1 Å². The van der Waals surface area contributed by atoms with Crippen molar-refractivity contribution in [2.24, 2.45) is 0 Å². The molecule has 0 saturated carbocycles. The van der Waals surface area contributed by atoms with E-state index in [4.69, 9.17) is 16.3 Å². The Bertz CT molecular complexity index is 443. The maximum Gasteiger partial charge on any atom is 0.315 e. The van der Waals surface area contributed by atoms with Gasteiger partial charge in [0.1, 0.15) is 0 Å². The number of hydrogen-bond donors (Lipinski definition) is 3. The minimum atomic E-state index is -0.945. The van der Waals surface area contributed by atoms with Crippen molar-refractivity contribution in [3.05, 3.63) is 34.9 Å². The summed E-state index contributed by atoms with van der Waals surface area (Å²) in [4.78, 5) is 11.9. The summed E-state index contributed by atoms with van der Waals surface area (Å²) in [5, 5.41) is 15.8. The molecule has 1 rings (SSSR count). The van der Waals surface area contributed by atoms with Crippen LogP contribution in [-0.2, 0) is 4.74 Å². The van der Waals surface area contributed by atoms with Crippen molar-refractivity contribution in [3.8, 4) is 0 Å². The van der Waals surface area contributed by atoms with Gasteiger partial charge in [-0.1, -0.05) is 23.7 Å². The van der Waals surface area contributed by atoms with Gasteiger partial charge in [0.05, 0.1) is 11.6 Å². The Morgan fingerprint density at radius 2 is 2.00 bits per heavy atom. The third kappa shape index (κ3) is 7.32. The molecule has 0 aromatic heterocycles. The van der Waals surface area contributed by atoms with Crippen LogP contribution in [0.1, 0.15) is 31.9 Å². The highest BCUT2D eigenvalue weighted by Gasteiger charge is 2.17. The molecule has 21 heavy (non-hydrogen) atoms.